The zero-order valence-corrected chi connectivity index (χ0v) is 14.3. The van der Waals surface area contributed by atoms with E-state index in [-0.39, 0.29) is 19.6 Å². The van der Waals surface area contributed by atoms with Crippen LogP contribution in [-0.4, -0.2) is 65.4 Å². The zero-order valence-electron chi connectivity index (χ0n) is 13.5. The number of hydrogen-bond donors (Lipinski definition) is 1. The molecule has 0 spiro atoms. The third-order valence-corrected chi connectivity index (χ3v) is 4.86. The minimum atomic E-state index is -3.66. The second-order valence-electron chi connectivity index (χ2n) is 5.51. The molecule has 0 aliphatic carbocycles. The van der Waals surface area contributed by atoms with Crippen LogP contribution in [0.4, 0.5) is 9.59 Å². The lowest BCUT2D eigenvalue weighted by atomic mass is 10.2. The first-order chi connectivity index (χ1) is 11.9. The van der Waals surface area contributed by atoms with E-state index in [1.54, 1.807) is 23.4 Å². The molecule has 10 nitrogen and oxygen atoms in total. The van der Waals surface area contributed by atoms with Gasteiger partial charge in [0, 0.05) is 23.9 Å². The molecule has 2 aromatic rings. The molecule has 0 bridgehead atoms. The summed E-state index contributed by atoms with van der Waals surface area (Å²) in [7, 11) is -3.66. The summed E-state index contributed by atoms with van der Waals surface area (Å²) in [5, 5.41) is 6.77. The molecule has 0 saturated carbocycles. The summed E-state index contributed by atoms with van der Waals surface area (Å²) in [6, 6.07) is 0.357. The van der Waals surface area contributed by atoms with E-state index in [4.69, 9.17) is 4.42 Å². The highest BCUT2D eigenvalue weighted by atomic mass is 32.2. The number of sulfonamides is 1. The van der Waals surface area contributed by atoms with E-state index < -0.39 is 22.1 Å². The molecule has 1 fully saturated rings. The molecule has 0 unspecified atom stereocenters. The first-order valence-corrected chi connectivity index (χ1v) is 9.33. The number of rotatable bonds is 5. The first-order valence-electron chi connectivity index (χ1n) is 7.48. The average molecular weight is 367 g/mol. The molecule has 1 N–H and O–H groups in total. The molecule has 25 heavy (non-hydrogen) atoms. The molecule has 2 aromatic heterocycles. The summed E-state index contributed by atoms with van der Waals surface area (Å²) in [6.07, 6.45) is 7.60. The Hall–Kier alpha value is -2.82. The van der Waals surface area contributed by atoms with Gasteiger partial charge in [0.05, 0.1) is 44.6 Å². The lowest BCUT2D eigenvalue weighted by Gasteiger charge is -2.16. The Morgan fingerprint density at radius 3 is 2.80 bits per heavy atom. The van der Waals surface area contributed by atoms with E-state index in [2.05, 4.69) is 10.4 Å². The normalized spacial score (nSPS) is 15.0. The number of amides is 4. The second-order valence-corrected chi connectivity index (χ2v) is 7.41. The molecule has 134 valence electrons. The fraction of sp³-hybridized carbons (Fsp3) is 0.357. The largest absolute Gasteiger partial charge is 0.472 e. The molecule has 0 radical (unpaired) electrons. The van der Waals surface area contributed by atoms with E-state index in [0.717, 1.165) is 22.3 Å². The molecular formula is C14H17N5O5S. The number of nitrogens with zero attached hydrogens (tertiary/aromatic N) is 4. The molecule has 0 atom stereocenters. The number of urea groups is 2. The first kappa shape index (κ1) is 17.0. The van der Waals surface area contributed by atoms with E-state index in [9.17, 15) is 18.0 Å². The van der Waals surface area contributed by atoms with Crippen LogP contribution in [0.5, 0.6) is 0 Å². The smallest absolute Gasteiger partial charge is 0.341 e. The highest BCUT2D eigenvalue weighted by molar-refractivity contribution is 7.88. The quantitative estimate of drug-likeness (QED) is 0.824. The standard InChI is InChI=1S/C14H17N5O5S/c1-25(22,23)19-6-5-18(14(19)21)13(20)15-3-4-17-9-12(8-16-17)11-2-7-24-10-11/h2,7-10H,3-6H2,1H3,(H,15,20). The summed E-state index contributed by atoms with van der Waals surface area (Å²) >= 11 is 0. The van der Waals surface area contributed by atoms with Crippen LogP contribution < -0.4 is 5.32 Å². The van der Waals surface area contributed by atoms with E-state index in [1.807, 2.05) is 12.3 Å². The number of aromatic nitrogens is 2. The van der Waals surface area contributed by atoms with Crippen molar-refractivity contribution < 1.29 is 22.4 Å². The van der Waals surface area contributed by atoms with Crippen molar-refractivity contribution in [3.05, 3.63) is 31.0 Å². The minimum absolute atomic E-state index is 0.0295. The van der Waals surface area contributed by atoms with E-state index >= 15 is 0 Å². The van der Waals surface area contributed by atoms with Gasteiger partial charge in [0.1, 0.15) is 0 Å². The fourth-order valence-corrected chi connectivity index (χ4v) is 3.24. The van der Waals surface area contributed by atoms with Crippen LogP contribution in [-0.2, 0) is 16.6 Å². The van der Waals surface area contributed by atoms with Gasteiger partial charge in [-0.3, -0.25) is 4.68 Å². The van der Waals surface area contributed by atoms with Gasteiger partial charge >= 0.3 is 12.1 Å². The summed E-state index contributed by atoms with van der Waals surface area (Å²) in [5.41, 5.74) is 1.79. The molecule has 4 amide bonds. The fourth-order valence-electron chi connectivity index (χ4n) is 2.45. The topological polar surface area (TPSA) is 118 Å². The maximum Gasteiger partial charge on any atom is 0.341 e. The summed E-state index contributed by atoms with van der Waals surface area (Å²) < 4.78 is 30.2. The van der Waals surface area contributed by atoms with Gasteiger partial charge in [-0.2, -0.15) is 5.10 Å². The lowest BCUT2D eigenvalue weighted by molar-refractivity contribution is 0.193. The minimum Gasteiger partial charge on any atom is -0.472 e. The Kier molecular flexibility index (Phi) is 4.49. The van der Waals surface area contributed by atoms with E-state index in [0.29, 0.717) is 10.8 Å². The Bertz CT molecular complexity index is 873. The van der Waals surface area contributed by atoms with Gasteiger partial charge in [-0.25, -0.2) is 27.2 Å². The van der Waals surface area contributed by atoms with Gasteiger partial charge in [0.2, 0.25) is 10.0 Å². The molecule has 3 heterocycles. The molecule has 1 saturated heterocycles. The summed E-state index contributed by atoms with van der Waals surface area (Å²) in [4.78, 5) is 24.9. The third kappa shape index (κ3) is 3.65. The number of imide groups is 1. The van der Waals surface area contributed by atoms with Crippen LogP contribution in [0.1, 0.15) is 0 Å². The summed E-state index contributed by atoms with van der Waals surface area (Å²) in [6.45, 7) is 0.651. The van der Waals surface area contributed by atoms with Crippen molar-refractivity contribution in [2.75, 3.05) is 25.9 Å². The van der Waals surface area contributed by atoms with Gasteiger partial charge in [-0.15, -0.1) is 0 Å². The van der Waals surface area contributed by atoms with Gasteiger partial charge in [-0.1, -0.05) is 0 Å². The molecule has 11 heteroatoms. The monoisotopic (exact) mass is 367 g/mol. The maximum absolute atomic E-state index is 12.0. The van der Waals surface area contributed by atoms with E-state index in [1.165, 1.54) is 0 Å². The molecule has 1 aliphatic heterocycles. The Morgan fingerprint density at radius 2 is 2.16 bits per heavy atom. The van der Waals surface area contributed by atoms with Crippen molar-refractivity contribution >= 4 is 22.1 Å². The van der Waals surface area contributed by atoms with Crippen LogP contribution in [0.15, 0.2) is 35.4 Å². The van der Waals surface area contributed by atoms with Gasteiger partial charge < -0.3 is 9.73 Å². The van der Waals surface area contributed by atoms with Crippen molar-refractivity contribution in [1.82, 2.24) is 24.3 Å². The Morgan fingerprint density at radius 1 is 1.36 bits per heavy atom. The van der Waals surface area contributed by atoms with Crippen LogP contribution in [0.25, 0.3) is 11.1 Å². The number of furan rings is 1. The van der Waals surface area contributed by atoms with Gasteiger partial charge in [0.25, 0.3) is 0 Å². The highest BCUT2D eigenvalue weighted by Gasteiger charge is 2.37. The van der Waals surface area contributed by atoms with Crippen LogP contribution in [0.2, 0.25) is 0 Å². The Labute approximate surface area is 144 Å². The third-order valence-electron chi connectivity index (χ3n) is 3.72. The van der Waals surface area contributed by atoms with Gasteiger partial charge in [0.15, 0.2) is 0 Å². The number of carbonyl (C=O) groups is 2. The van der Waals surface area contributed by atoms with Crippen molar-refractivity contribution in [3.63, 3.8) is 0 Å². The van der Waals surface area contributed by atoms with Crippen molar-refractivity contribution in [1.29, 1.82) is 0 Å². The number of nitrogens with one attached hydrogen (secondary N) is 1. The van der Waals surface area contributed by atoms with Gasteiger partial charge in [-0.05, 0) is 6.07 Å². The predicted octanol–water partition coefficient (Wildman–Crippen LogP) is 0.550. The van der Waals surface area contributed by atoms with Crippen LogP contribution in [0, 0.1) is 0 Å². The van der Waals surface area contributed by atoms with Crippen molar-refractivity contribution in [2.24, 2.45) is 0 Å². The molecule has 1 aliphatic rings. The van der Waals surface area contributed by atoms with Crippen LogP contribution >= 0.6 is 0 Å². The Balaban J connectivity index is 1.51. The molecular weight excluding hydrogens is 350 g/mol. The number of carbonyl (C=O) groups excluding carboxylic acids is 2. The zero-order chi connectivity index (χ0) is 18.0. The van der Waals surface area contributed by atoms with Crippen LogP contribution in [0.3, 0.4) is 0 Å². The number of hydrogen-bond acceptors (Lipinski definition) is 6. The highest BCUT2D eigenvalue weighted by Crippen LogP contribution is 2.18. The lowest BCUT2D eigenvalue weighted by Crippen LogP contribution is -2.44. The molecule has 0 aromatic carbocycles. The maximum atomic E-state index is 12.0. The SMILES string of the molecule is CS(=O)(=O)N1CCN(C(=O)NCCn2cc(-c3ccoc3)cn2)C1=O. The van der Waals surface area contributed by atoms with Crippen molar-refractivity contribution in [3.8, 4) is 11.1 Å². The predicted molar refractivity (Wildman–Crippen MR) is 87.0 cm³/mol. The average Bonchev–Trinajstić information content (AvgIpc) is 3.25. The second kappa shape index (κ2) is 6.59. The molecule has 3 rings (SSSR count). The summed E-state index contributed by atoms with van der Waals surface area (Å²) in [5.74, 6) is 0. The van der Waals surface area contributed by atoms with Crippen molar-refractivity contribution in [2.45, 2.75) is 6.54 Å².